The molecule has 0 amide bonds. The van der Waals surface area contributed by atoms with Gasteiger partial charge in [-0.05, 0) is 0 Å². The van der Waals surface area contributed by atoms with E-state index in [1.54, 1.807) is 0 Å². The van der Waals surface area contributed by atoms with E-state index in [1.807, 2.05) is 0 Å². The van der Waals surface area contributed by atoms with Crippen LogP contribution < -0.4 is 0 Å². The van der Waals surface area contributed by atoms with E-state index >= 15 is 0 Å². The number of ether oxygens (including phenoxy) is 1. The summed E-state index contributed by atoms with van der Waals surface area (Å²) < 4.78 is 2.36. The lowest BCUT2D eigenvalue weighted by atomic mass is 10.7. The number of hydrogen-bond donors (Lipinski definition) is 0. The second-order valence-electron chi connectivity index (χ2n) is 1.51. The Kier molecular flexibility index (Phi) is 8.36. The van der Waals surface area contributed by atoms with Gasteiger partial charge in [0.05, 0.1) is 0 Å². The fraction of sp³-hybridized carbons (Fsp3) is 0.600. The van der Waals surface area contributed by atoms with Crippen molar-refractivity contribution in [3.05, 3.63) is 0 Å². The van der Waals surface area contributed by atoms with Crippen molar-refractivity contribution in [1.82, 2.24) is 0 Å². The van der Waals surface area contributed by atoms with Crippen molar-refractivity contribution in [2.24, 2.45) is 0 Å². The molecule has 0 rings (SSSR count). The van der Waals surface area contributed by atoms with Crippen LogP contribution in [0.4, 0.5) is 0 Å². The van der Waals surface area contributed by atoms with Gasteiger partial charge in [0.2, 0.25) is 0 Å². The van der Waals surface area contributed by atoms with E-state index in [0.29, 0.717) is 0 Å². The molecule has 72 valence electrons. The first kappa shape index (κ1) is 14.8. The highest BCUT2D eigenvalue weighted by molar-refractivity contribution is 6.83. The summed E-state index contributed by atoms with van der Waals surface area (Å²) in [5, 5.41) is 0. The van der Waals surface area contributed by atoms with Crippen LogP contribution in [0.5, 0.6) is 0 Å². The van der Waals surface area contributed by atoms with Gasteiger partial charge in [-0.2, -0.15) is 0 Å². The molecule has 0 aromatic rings. The first-order valence-corrected chi connectivity index (χ1v) is 4.08. The first-order chi connectivity index (χ1) is 5.13. The van der Waals surface area contributed by atoms with Crippen LogP contribution in [0.3, 0.4) is 0 Å². The summed E-state index contributed by atoms with van der Waals surface area (Å²) in [6.45, 7) is 2.36. The van der Waals surface area contributed by atoms with Crippen LogP contribution >= 0.6 is 46.4 Å². The van der Waals surface area contributed by atoms with Gasteiger partial charge in [0, 0.05) is 13.8 Å². The Morgan fingerprint density at radius 2 is 1.17 bits per heavy atom. The lowest BCUT2D eigenvalue weighted by Crippen LogP contribution is -2.03. The lowest BCUT2D eigenvalue weighted by molar-refractivity contribution is -0.156. The van der Waals surface area contributed by atoms with Crippen molar-refractivity contribution >= 4 is 58.3 Å². The maximum absolute atomic E-state index is 9.81. The molecule has 0 aliphatic carbocycles. The average molecular weight is 256 g/mol. The van der Waals surface area contributed by atoms with Gasteiger partial charge >= 0.3 is 11.9 Å². The molecule has 0 N–H and O–H groups in total. The maximum atomic E-state index is 9.81. The van der Waals surface area contributed by atoms with Crippen LogP contribution in [0.25, 0.3) is 0 Å². The standard InChI is InChI=1S/C4H6O3.CCl4/c1-3(5)7-4(2)6;2-1(3,4)5/h1-2H3;. The third-order valence-corrected chi connectivity index (χ3v) is 0.287. The van der Waals surface area contributed by atoms with Crippen LogP contribution in [-0.4, -0.2) is 15.2 Å². The first-order valence-electron chi connectivity index (χ1n) is 2.57. The predicted octanol–water partition coefficient (Wildman–Crippen LogP) is 2.65. The summed E-state index contributed by atoms with van der Waals surface area (Å²) in [6, 6.07) is 0. The summed E-state index contributed by atoms with van der Waals surface area (Å²) in [7, 11) is 0. The Hall–Kier alpha value is 0.300. The van der Waals surface area contributed by atoms with Crippen LogP contribution in [0.15, 0.2) is 0 Å². The van der Waals surface area contributed by atoms with Gasteiger partial charge in [0.15, 0.2) is 0 Å². The Morgan fingerprint density at radius 1 is 1.00 bits per heavy atom. The normalized spacial score (nSPS) is 9.50. The average Bonchev–Trinajstić information content (AvgIpc) is 1.52. The molecule has 0 saturated carbocycles. The van der Waals surface area contributed by atoms with Crippen molar-refractivity contribution in [1.29, 1.82) is 0 Å². The molecule has 0 radical (unpaired) electrons. The lowest BCUT2D eigenvalue weighted by Gasteiger charge is -1.91. The SMILES string of the molecule is CC(=O)OC(C)=O.ClC(Cl)(Cl)Cl. The molecule has 0 aromatic carbocycles. The molecular weight excluding hydrogens is 250 g/mol. The summed E-state index contributed by atoms with van der Waals surface area (Å²) >= 11 is 19.3. The van der Waals surface area contributed by atoms with E-state index in [-0.39, 0.29) is 0 Å². The predicted molar refractivity (Wildman–Crippen MR) is 48.6 cm³/mol. The largest absolute Gasteiger partial charge is 0.394 e. The Bertz CT molecular complexity index is 145. The van der Waals surface area contributed by atoms with Gasteiger partial charge in [-0.25, -0.2) is 0 Å². The van der Waals surface area contributed by atoms with Gasteiger partial charge in [-0.1, -0.05) is 46.4 Å². The van der Waals surface area contributed by atoms with Gasteiger partial charge < -0.3 is 4.74 Å². The zero-order valence-electron chi connectivity index (χ0n) is 6.24. The van der Waals surface area contributed by atoms with E-state index in [9.17, 15) is 9.59 Å². The molecule has 0 unspecified atom stereocenters. The van der Waals surface area contributed by atoms with E-state index in [0.717, 1.165) is 0 Å². The molecule has 0 heterocycles. The van der Waals surface area contributed by atoms with Gasteiger partial charge in [-0.15, -0.1) is 0 Å². The fourth-order valence-electron chi connectivity index (χ4n) is 0.202. The van der Waals surface area contributed by atoms with E-state index in [2.05, 4.69) is 4.74 Å². The quantitative estimate of drug-likeness (QED) is 0.380. The number of carbonyl (C=O) groups excluding carboxylic acids is 2. The van der Waals surface area contributed by atoms with E-state index in [1.165, 1.54) is 13.8 Å². The Balaban J connectivity index is 0. The molecule has 0 saturated heterocycles. The third kappa shape index (κ3) is 48.2. The molecule has 0 spiro atoms. The summed E-state index contributed by atoms with van der Waals surface area (Å²) in [5.74, 6) is -1.12. The van der Waals surface area contributed by atoms with Crippen molar-refractivity contribution in [2.45, 2.75) is 17.1 Å². The van der Waals surface area contributed by atoms with E-state index in [4.69, 9.17) is 46.4 Å². The highest BCUT2D eigenvalue weighted by atomic mass is 35.6. The minimum Gasteiger partial charge on any atom is -0.394 e. The molecule has 0 fully saturated rings. The highest BCUT2D eigenvalue weighted by Gasteiger charge is 2.11. The zero-order chi connectivity index (χ0) is 10.4. The summed E-state index contributed by atoms with van der Waals surface area (Å²) in [5.41, 5.74) is 0. The molecule has 0 aliphatic heterocycles. The molecular formula is C5H6Cl4O3. The van der Waals surface area contributed by atoms with Gasteiger partial charge in [-0.3, -0.25) is 9.59 Å². The van der Waals surface area contributed by atoms with Crippen molar-refractivity contribution < 1.29 is 14.3 Å². The van der Waals surface area contributed by atoms with Crippen LogP contribution in [0.1, 0.15) is 13.8 Å². The molecule has 3 nitrogen and oxygen atoms in total. The number of hydrogen-bond acceptors (Lipinski definition) is 3. The zero-order valence-corrected chi connectivity index (χ0v) is 9.26. The van der Waals surface area contributed by atoms with Crippen molar-refractivity contribution in [3.63, 3.8) is 0 Å². The summed E-state index contributed by atoms with van der Waals surface area (Å²) in [6.07, 6.45) is 0. The topological polar surface area (TPSA) is 43.4 Å². The molecule has 0 aliphatic rings. The fourth-order valence-corrected chi connectivity index (χ4v) is 0.202. The number of rotatable bonds is 0. The van der Waals surface area contributed by atoms with Crippen LogP contribution in [-0.2, 0) is 14.3 Å². The number of alkyl halides is 4. The third-order valence-electron chi connectivity index (χ3n) is 0.287. The number of carbonyl (C=O) groups is 2. The Morgan fingerprint density at radius 3 is 1.17 bits per heavy atom. The smallest absolute Gasteiger partial charge is 0.310 e. The summed E-state index contributed by atoms with van der Waals surface area (Å²) in [4.78, 5) is 19.6. The monoisotopic (exact) mass is 254 g/mol. The van der Waals surface area contributed by atoms with Crippen LogP contribution in [0.2, 0.25) is 0 Å². The molecule has 7 heteroatoms. The second kappa shape index (κ2) is 6.78. The number of esters is 2. The minimum absolute atomic E-state index is 0.562. The highest BCUT2D eigenvalue weighted by Crippen LogP contribution is 2.29. The van der Waals surface area contributed by atoms with E-state index < -0.39 is 15.2 Å². The molecule has 0 bridgehead atoms. The van der Waals surface area contributed by atoms with Gasteiger partial charge in [0.25, 0.3) is 3.25 Å². The Labute approximate surface area is 89.9 Å². The van der Waals surface area contributed by atoms with Gasteiger partial charge in [0.1, 0.15) is 0 Å². The van der Waals surface area contributed by atoms with Crippen molar-refractivity contribution in [2.75, 3.05) is 0 Å². The minimum atomic E-state index is -1.61. The molecule has 0 aromatic heterocycles. The van der Waals surface area contributed by atoms with Crippen molar-refractivity contribution in [3.8, 4) is 0 Å². The van der Waals surface area contributed by atoms with Crippen LogP contribution in [0, 0.1) is 0 Å². The number of halogens is 4. The second-order valence-corrected chi connectivity index (χ2v) is 4.94. The molecule has 0 atom stereocenters. The molecule has 12 heavy (non-hydrogen) atoms. The maximum Gasteiger partial charge on any atom is 0.310 e.